The summed E-state index contributed by atoms with van der Waals surface area (Å²) in [4.78, 5) is 11.6. The van der Waals surface area contributed by atoms with E-state index in [1.54, 1.807) is 26.3 Å². The smallest absolute Gasteiger partial charge is 0.246 e. The van der Waals surface area contributed by atoms with Crippen molar-refractivity contribution < 1.29 is 9.53 Å². The van der Waals surface area contributed by atoms with Crippen LogP contribution in [0, 0.1) is 0 Å². The second-order valence-corrected chi connectivity index (χ2v) is 3.66. The molecule has 0 saturated carbocycles. The molecule has 0 aromatic heterocycles. The summed E-state index contributed by atoms with van der Waals surface area (Å²) in [6.07, 6.45) is 0. The maximum atomic E-state index is 11.6. The third-order valence-electron chi connectivity index (χ3n) is 2.46. The van der Waals surface area contributed by atoms with Crippen LogP contribution >= 0.6 is 11.6 Å². The van der Waals surface area contributed by atoms with Crippen molar-refractivity contribution in [3.8, 4) is 5.75 Å². The van der Waals surface area contributed by atoms with Crippen molar-refractivity contribution >= 4 is 23.2 Å². The van der Waals surface area contributed by atoms with Crippen molar-refractivity contribution in [3.63, 3.8) is 0 Å². The van der Waals surface area contributed by atoms with Gasteiger partial charge < -0.3 is 15.4 Å². The molecule has 1 unspecified atom stereocenters. The molecule has 5 heteroatoms. The number of likely N-dealkylation sites (N-methyl/N-ethyl adjacent to an activating group) is 1. The van der Waals surface area contributed by atoms with Gasteiger partial charge in [-0.25, -0.2) is 0 Å². The molecule has 2 N–H and O–H groups in total. The molecular formula is C10H11ClN2O2. The molecule has 1 aromatic rings. The van der Waals surface area contributed by atoms with E-state index in [4.69, 9.17) is 16.3 Å². The van der Waals surface area contributed by atoms with Gasteiger partial charge in [-0.1, -0.05) is 11.6 Å². The van der Waals surface area contributed by atoms with E-state index in [9.17, 15) is 4.79 Å². The van der Waals surface area contributed by atoms with Crippen LogP contribution < -0.4 is 15.4 Å². The SMILES string of the molecule is CNC1C(=O)Nc2c(OC)ccc(Cl)c21. The van der Waals surface area contributed by atoms with Crippen molar-refractivity contribution in [2.75, 3.05) is 19.5 Å². The fraction of sp³-hybridized carbons (Fsp3) is 0.300. The molecule has 0 saturated heterocycles. The van der Waals surface area contributed by atoms with Gasteiger partial charge in [0.15, 0.2) is 0 Å². The molecule has 0 bridgehead atoms. The summed E-state index contributed by atoms with van der Waals surface area (Å²) in [7, 11) is 3.28. The summed E-state index contributed by atoms with van der Waals surface area (Å²) in [5, 5.41) is 6.22. The number of rotatable bonds is 2. The van der Waals surface area contributed by atoms with Gasteiger partial charge >= 0.3 is 0 Å². The number of hydrogen-bond acceptors (Lipinski definition) is 3. The molecule has 1 aliphatic heterocycles. The number of nitrogens with one attached hydrogen (secondary N) is 2. The van der Waals surface area contributed by atoms with Crippen LogP contribution in [0.2, 0.25) is 5.02 Å². The zero-order valence-corrected chi connectivity index (χ0v) is 9.18. The lowest BCUT2D eigenvalue weighted by Gasteiger charge is -2.10. The largest absolute Gasteiger partial charge is 0.495 e. The lowest BCUT2D eigenvalue weighted by Crippen LogP contribution is -2.23. The summed E-state index contributed by atoms with van der Waals surface area (Å²) in [5.74, 6) is 0.513. The first-order valence-electron chi connectivity index (χ1n) is 4.53. The van der Waals surface area contributed by atoms with E-state index in [0.29, 0.717) is 16.5 Å². The van der Waals surface area contributed by atoms with Crippen LogP contribution in [0.4, 0.5) is 5.69 Å². The fourth-order valence-electron chi connectivity index (χ4n) is 1.76. The standard InChI is InChI=1S/C10H11ClN2O2/c1-12-9-7-5(11)3-4-6(15-2)8(7)13-10(9)14/h3-4,9,12H,1-2H3,(H,13,14). The summed E-state index contributed by atoms with van der Waals surface area (Å²) < 4.78 is 5.15. The number of ether oxygens (including phenoxy) is 1. The number of halogens is 1. The number of fused-ring (bicyclic) bond motifs is 1. The molecule has 1 atom stereocenters. The third-order valence-corrected chi connectivity index (χ3v) is 2.79. The Balaban J connectivity index is 2.60. The van der Waals surface area contributed by atoms with E-state index < -0.39 is 6.04 Å². The van der Waals surface area contributed by atoms with Crippen LogP contribution in [0.25, 0.3) is 0 Å². The van der Waals surface area contributed by atoms with Crippen molar-refractivity contribution in [1.82, 2.24) is 5.32 Å². The lowest BCUT2D eigenvalue weighted by atomic mass is 10.1. The lowest BCUT2D eigenvalue weighted by molar-refractivity contribution is -0.117. The zero-order valence-electron chi connectivity index (χ0n) is 8.43. The van der Waals surface area contributed by atoms with Gasteiger partial charge in [0.1, 0.15) is 11.8 Å². The van der Waals surface area contributed by atoms with Crippen molar-refractivity contribution in [3.05, 3.63) is 22.7 Å². The Bertz CT molecular complexity index is 420. The molecule has 2 rings (SSSR count). The van der Waals surface area contributed by atoms with Gasteiger partial charge in [0.25, 0.3) is 0 Å². The average molecular weight is 227 g/mol. The highest BCUT2D eigenvalue weighted by molar-refractivity contribution is 6.33. The molecule has 0 fully saturated rings. The molecule has 1 aliphatic rings. The number of amides is 1. The van der Waals surface area contributed by atoms with Crippen molar-refractivity contribution in [2.45, 2.75) is 6.04 Å². The van der Waals surface area contributed by atoms with Crippen molar-refractivity contribution in [2.24, 2.45) is 0 Å². The fourth-order valence-corrected chi connectivity index (χ4v) is 2.02. The number of carbonyl (C=O) groups excluding carboxylic acids is 1. The minimum absolute atomic E-state index is 0.112. The highest BCUT2D eigenvalue weighted by atomic mass is 35.5. The van der Waals surface area contributed by atoms with Crippen LogP contribution in [0.15, 0.2) is 12.1 Å². The summed E-state index contributed by atoms with van der Waals surface area (Å²) in [6, 6.07) is 3.06. The molecule has 0 radical (unpaired) electrons. The number of methoxy groups -OCH3 is 1. The van der Waals surface area contributed by atoms with E-state index in [0.717, 1.165) is 5.56 Å². The minimum Gasteiger partial charge on any atom is -0.495 e. The topological polar surface area (TPSA) is 50.4 Å². The normalized spacial score (nSPS) is 18.6. The maximum Gasteiger partial charge on any atom is 0.246 e. The molecule has 80 valence electrons. The third kappa shape index (κ3) is 1.46. The highest BCUT2D eigenvalue weighted by Gasteiger charge is 2.33. The zero-order chi connectivity index (χ0) is 11.0. The van der Waals surface area contributed by atoms with Gasteiger partial charge in [0.2, 0.25) is 5.91 Å². The quantitative estimate of drug-likeness (QED) is 0.805. The van der Waals surface area contributed by atoms with E-state index >= 15 is 0 Å². The number of hydrogen-bond donors (Lipinski definition) is 2. The molecule has 1 aromatic carbocycles. The minimum atomic E-state index is -0.400. The van der Waals surface area contributed by atoms with Crippen LogP contribution in [0.5, 0.6) is 5.75 Å². The van der Waals surface area contributed by atoms with Crippen LogP contribution in [-0.4, -0.2) is 20.1 Å². The van der Waals surface area contributed by atoms with E-state index in [1.807, 2.05) is 0 Å². The second-order valence-electron chi connectivity index (χ2n) is 3.25. The first-order valence-corrected chi connectivity index (χ1v) is 4.91. The summed E-state index contributed by atoms with van der Waals surface area (Å²) >= 11 is 6.05. The molecule has 4 nitrogen and oxygen atoms in total. The summed E-state index contributed by atoms with van der Waals surface area (Å²) in [6.45, 7) is 0. The van der Waals surface area contributed by atoms with Crippen molar-refractivity contribution in [1.29, 1.82) is 0 Å². The molecule has 1 heterocycles. The Kier molecular flexibility index (Phi) is 2.54. The first kappa shape index (κ1) is 10.3. The maximum absolute atomic E-state index is 11.6. The predicted molar refractivity (Wildman–Crippen MR) is 58.4 cm³/mol. The monoisotopic (exact) mass is 226 g/mol. The molecular weight excluding hydrogens is 216 g/mol. The Morgan fingerprint density at radius 1 is 1.53 bits per heavy atom. The Morgan fingerprint density at radius 2 is 2.27 bits per heavy atom. The molecule has 15 heavy (non-hydrogen) atoms. The van der Waals surface area contributed by atoms with Crippen LogP contribution in [0.3, 0.4) is 0 Å². The number of carbonyl (C=O) groups is 1. The number of anilines is 1. The van der Waals surface area contributed by atoms with E-state index in [2.05, 4.69) is 10.6 Å². The molecule has 0 aliphatic carbocycles. The van der Waals surface area contributed by atoms with Gasteiger partial charge in [-0.15, -0.1) is 0 Å². The van der Waals surface area contributed by atoms with Gasteiger partial charge in [0, 0.05) is 10.6 Å². The van der Waals surface area contributed by atoms with Gasteiger partial charge in [-0.3, -0.25) is 4.79 Å². The predicted octanol–water partition coefficient (Wildman–Crippen LogP) is 1.56. The number of benzene rings is 1. The molecule has 0 spiro atoms. The molecule has 1 amide bonds. The summed E-state index contributed by atoms with van der Waals surface area (Å²) in [5.41, 5.74) is 1.41. The highest BCUT2D eigenvalue weighted by Crippen LogP contribution is 2.42. The van der Waals surface area contributed by atoms with Crippen LogP contribution in [-0.2, 0) is 4.79 Å². The van der Waals surface area contributed by atoms with Gasteiger partial charge in [-0.05, 0) is 19.2 Å². The first-order chi connectivity index (χ1) is 7.19. The Hall–Kier alpha value is -1.26. The van der Waals surface area contributed by atoms with E-state index in [-0.39, 0.29) is 5.91 Å². The second kappa shape index (κ2) is 3.72. The average Bonchev–Trinajstić information content (AvgIpc) is 2.56. The van der Waals surface area contributed by atoms with Gasteiger partial charge in [0.05, 0.1) is 12.8 Å². The Morgan fingerprint density at radius 3 is 2.87 bits per heavy atom. The van der Waals surface area contributed by atoms with E-state index in [1.165, 1.54) is 0 Å². The van der Waals surface area contributed by atoms with Gasteiger partial charge in [-0.2, -0.15) is 0 Å². The Labute approximate surface area is 92.6 Å². The van der Waals surface area contributed by atoms with Crippen LogP contribution in [0.1, 0.15) is 11.6 Å².